The first-order chi connectivity index (χ1) is 12.1. The van der Waals surface area contributed by atoms with Crippen LogP contribution in [-0.2, 0) is 17.8 Å². The van der Waals surface area contributed by atoms with Crippen LogP contribution in [0.5, 0.6) is 0 Å². The largest absolute Gasteiger partial charge is 0.465 e. The fraction of sp³-hybridized carbons (Fsp3) is 0.579. The number of carbonyl (C=O) groups is 2. The molecule has 2 amide bonds. The molecule has 7 nitrogen and oxygen atoms in total. The number of benzene rings is 1. The molecule has 0 saturated carbocycles. The number of amides is 2. The van der Waals surface area contributed by atoms with Crippen LogP contribution < -0.4 is 10.6 Å². The summed E-state index contributed by atoms with van der Waals surface area (Å²) in [4.78, 5) is 26.6. The Kier molecular flexibility index (Phi) is 5.93. The molecule has 0 unspecified atom stereocenters. The van der Waals surface area contributed by atoms with Gasteiger partial charge < -0.3 is 25.7 Å². The molecule has 1 aromatic carbocycles. The van der Waals surface area contributed by atoms with Gasteiger partial charge in [-0.3, -0.25) is 4.79 Å². The maximum absolute atomic E-state index is 13.1. The lowest BCUT2D eigenvalue weighted by molar-refractivity contribution is -0.127. The number of aliphatic hydroxyl groups is 1. The number of carboxylic acid groups (broad SMARTS) is 1. The first kappa shape index (κ1) is 20.2. The first-order valence-corrected chi connectivity index (χ1v) is 8.83. The van der Waals surface area contributed by atoms with Crippen LogP contribution in [0.25, 0.3) is 0 Å². The highest BCUT2D eigenvalue weighted by Gasteiger charge is 2.49. The van der Waals surface area contributed by atoms with Crippen molar-refractivity contribution in [3.05, 3.63) is 29.3 Å². The van der Waals surface area contributed by atoms with Gasteiger partial charge in [-0.1, -0.05) is 26.8 Å². The van der Waals surface area contributed by atoms with Crippen LogP contribution in [0, 0.1) is 5.41 Å². The lowest BCUT2D eigenvalue weighted by atomic mass is 9.70. The molecule has 0 saturated heterocycles. The van der Waals surface area contributed by atoms with Gasteiger partial charge in [-0.05, 0) is 42.1 Å². The molecule has 0 aromatic heterocycles. The van der Waals surface area contributed by atoms with Gasteiger partial charge in [0.05, 0.1) is 0 Å². The number of nitrogens with zero attached hydrogens (tertiary/aromatic N) is 1. The van der Waals surface area contributed by atoms with E-state index in [1.807, 2.05) is 18.2 Å². The van der Waals surface area contributed by atoms with Gasteiger partial charge in [0.15, 0.2) is 0 Å². The van der Waals surface area contributed by atoms with Gasteiger partial charge in [-0.2, -0.15) is 0 Å². The fourth-order valence-electron chi connectivity index (χ4n) is 3.50. The number of hydrogen-bond acceptors (Lipinski definition) is 4. The van der Waals surface area contributed by atoms with Gasteiger partial charge in [0.1, 0.15) is 5.54 Å². The molecular weight excluding hydrogens is 334 g/mol. The molecule has 4 N–H and O–H groups in total. The van der Waals surface area contributed by atoms with E-state index in [9.17, 15) is 19.8 Å². The average molecular weight is 363 g/mol. The summed E-state index contributed by atoms with van der Waals surface area (Å²) in [5, 5.41) is 23.9. The van der Waals surface area contributed by atoms with E-state index >= 15 is 0 Å². The van der Waals surface area contributed by atoms with Crippen LogP contribution in [-0.4, -0.2) is 52.9 Å². The summed E-state index contributed by atoms with van der Waals surface area (Å²) in [6.07, 6.45) is -0.397. The predicted octanol–water partition coefficient (Wildman–Crippen LogP) is 2.05. The van der Waals surface area contributed by atoms with Gasteiger partial charge in [0, 0.05) is 31.8 Å². The zero-order valence-electron chi connectivity index (χ0n) is 15.9. The highest BCUT2D eigenvalue weighted by atomic mass is 16.4. The molecule has 0 spiro atoms. The average Bonchev–Trinajstić information content (AvgIpc) is 2.53. The lowest BCUT2D eigenvalue weighted by Gasteiger charge is -2.42. The second-order valence-electron chi connectivity index (χ2n) is 7.98. The number of carbonyl (C=O) groups excluding carboxylic acids is 1. The Morgan fingerprint density at radius 1 is 1.23 bits per heavy atom. The first-order valence-electron chi connectivity index (χ1n) is 8.83. The minimum Gasteiger partial charge on any atom is -0.465 e. The Labute approximate surface area is 154 Å². The summed E-state index contributed by atoms with van der Waals surface area (Å²) in [5.41, 5.74) is 0.893. The third-order valence-corrected chi connectivity index (χ3v) is 5.14. The second kappa shape index (κ2) is 7.63. The third-order valence-electron chi connectivity index (χ3n) is 5.14. The molecule has 0 fully saturated rings. The van der Waals surface area contributed by atoms with Crippen LogP contribution in [0.4, 0.5) is 10.5 Å². The van der Waals surface area contributed by atoms with Crippen LogP contribution in [0.3, 0.4) is 0 Å². The molecule has 0 radical (unpaired) electrons. The SMILES string of the molecule is CN1CCc2cc(NC(=O)[C@@](CCO)(NC(=O)O)C(C)(C)C)ccc2C1. The summed E-state index contributed by atoms with van der Waals surface area (Å²) in [6.45, 7) is 6.87. The Balaban J connectivity index is 2.30. The van der Waals surface area contributed by atoms with Crippen molar-refractivity contribution in [1.29, 1.82) is 0 Å². The smallest absolute Gasteiger partial charge is 0.405 e. The monoisotopic (exact) mass is 363 g/mol. The van der Waals surface area contributed by atoms with E-state index in [1.54, 1.807) is 20.8 Å². The van der Waals surface area contributed by atoms with E-state index in [0.29, 0.717) is 5.69 Å². The number of rotatable bonds is 5. The van der Waals surface area contributed by atoms with Crippen molar-refractivity contribution in [2.75, 3.05) is 25.5 Å². The quantitative estimate of drug-likeness (QED) is 0.641. The van der Waals surface area contributed by atoms with Gasteiger partial charge >= 0.3 is 6.09 Å². The van der Waals surface area contributed by atoms with Crippen molar-refractivity contribution in [2.45, 2.75) is 45.7 Å². The zero-order valence-corrected chi connectivity index (χ0v) is 15.9. The molecule has 1 aliphatic rings. The van der Waals surface area contributed by atoms with E-state index in [1.165, 1.54) is 11.1 Å². The fourth-order valence-corrected chi connectivity index (χ4v) is 3.50. The molecule has 26 heavy (non-hydrogen) atoms. The Morgan fingerprint density at radius 3 is 2.50 bits per heavy atom. The molecular formula is C19H29N3O4. The molecule has 1 atom stereocenters. The molecule has 0 aliphatic carbocycles. The number of hydrogen-bond donors (Lipinski definition) is 4. The van der Waals surface area contributed by atoms with Crippen LogP contribution in [0.15, 0.2) is 18.2 Å². The molecule has 0 bridgehead atoms. The highest BCUT2D eigenvalue weighted by Crippen LogP contribution is 2.35. The standard InChI is InChI=1S/C19H29N3O4/c1-18(2,3)19(8-10-23,21-17(25)26)16(24)20-15-6-5-14-12-22(4)9-7-13(14)11-15/h5-6,11,21,23H,7-10,12H2,1-4H3,(H,20,24)(H,25,26)/t19-/m1/s1. The van der Waals surface area contributed by atoms with Crippen molar-refractivity contribution in [3.63, 3.8) is 0 Å². The van der Waals surface area contributed by atoms with Gasteiger partial charge in [0.2, 0.25) is 0 Å². The van der Waals surface area contributed by atoms with E-state index in [4.69, 9.17) is 0 Å². The summed E-state index contributed by atoms with van der Waals surface area (Å²) in [6, 6.07) is 5.78. The number of aliphatic hydroxyl groups excluding tert-OH is 1. The number of anilines is 1. The molecule has 1 heterocycles. The number of nitrogens with one attached hydrogen (secondary N) is 2. The summed E-state index contributed by atoms with van der Waals surface area (Å²) in [7, 11) is 2.07. The van der Waals surface area contributed by atoms with Crippen molar-refractivity contribution >= 4 is 17.7 Å². The summed E-state index contributed by atoms with van der Waals surface area (Å²) < 4.78 is 0. The molecule has 7 heteroatoms. The van der Waals surface area contributed by atoms with E-state index in [0.717, 1.165) is 19.5 Å². The van der Waals surface area contributed by atoms with Crippen molar-refractivity contribution in [2.24, 2.45) is 5.41 Å². The Bertz CT molecular complexity index is 684. The van der Waals surface area contributed by atoms with E-state index in [2.05, 4.69) is 22.6 Å². The molecule has 1 aromatic rings. The van der Waals surface area contributed by atoms with E-state index < -0.39 is 23.0 Å². The van der Waals surface area contributed by atoms with Crippen LogP contribution in [0.1, 0.15) is 38.3 Å². The minimum absolute atomic E-state index is 0.00955. The van der Waals surface area contributed by atoms with Crippen molar-refractivity contribution in [3.8, 4) is 0 Å². The summed E-state index contributed by atoms with van der Waals surface area (Å²) >= 11 is 0. The van der Waals surface area contributed by atoms with Gasteiger partial charge in [0.25, 0.3) is 5.91 Å². The van der Waals surface area contributed by atoms with Gasteiger partial charge in [-0.15, -0.1) is 0 Å². The minimum atomic E-state index is -1.44. The van der Waals surface area contributed by atoms with E-state index in [-0.39, 0.29) is 13.0 Å². The molecule has 144 valence electrons. The van der Waals surface area contributed by atoms with Crippen molar-refractivity contribution < 1.29 is 19.8 Å². The number of fused-ring (bicyclic) bond motifs is 1. The summed E-state index contributed by atoms with van der Waals surface area (Å²) in [5.74, 6) is -0.464. The lowest BCUT2D eigenvalue weighted by Crippen LogP contribution is -2.64. The Morgan fingerprint density at radius 2 is 1.92 bits per heavy atom. The highest BCUT2D eigenvalue weighted by molar-refractivity contribution is 6.00. The topological polar surface area (TPSA) is 102 Å². The van der Waals surface area contributed by atoms with Crippen LogP contribution >= 0.6 is 0 Å². The number of likely N-dealkylation sites (N-methyl/N-ethyl adjacent to an activating group) is 1. The Hall–Kier alpha value is -2.12. The van der Waals surface area contributed by atoms with Gasteiger partial charge in [-0.25, -0.2) is 4.79 Å². The van der Waals surface area contributed by atoms with Crippen molar-refractivity contribution in [1.82, 2.24) is 10.2 Å². The molecule has 2 rings (SSSR count). The predicted molar refractivity (Wildman–Crippen MR) is 100 cm³/mol. The third kappa shape index (κ3) is 4.16. The maximum atomic E-state index is 13.1. The maximum Gasteiger partial charge on any atom is 0.405 e. The zero-order chi connectivity index (χ0) is 19.5. The molecule has 1 aliphatic heterocycles. The van der Waals surface area contributed by atoms with Crippen LogP contribution in [0.2, 0.25) is 0 Å². The second-order valence-corrected chi connectivity index (χ2v) is 7.98. The normalized spacial score (nSPS) is 17.1.